The minimum Gasteiger partial charge on any atom is -0.478 e. The molecule has 1 aromatic carbocycles. The first kappa shape index (κ1) is 12.6. The minimum absolute atomic E-state index is 0.120. The second-order valence-corrected chi connectivity index (χ2v) is 4.52. The summed E-state index contributed by atoms with van der Waals surface area (Å²) in [6.07, 6.45) is 1.59. The first-order valence-corrected chi connectivity index (χ1v) is 5.96. The second kappa shape index (κ2) is 5.18. The summed E-state index contributed by atoms with van der Waals surface area (Å²) >= 11 is 0. The second-order valence-electron chi connectivity index (χ2n) is 4.52. The van der Waals surface area contributed by atoms with Crippen LogP contribution in [0.15, 0.2) is 24.3 Å². The molecule has 0 saturated carbocycles. The molecule has 0 aliphatic carbocycles. The van der Waals surface area contributed by atoms with Crippen LogP contribution in [0, 0.1) is 0 Å². The fourth-order valence-corrected chi connectivity index (χ4v) is 2.07. The van der Waals surface area contributed by atoms with Crippen molar-refractivity contribution in [2.75, 3.05) is 13.1 Å². The third-order valence-corrected chi connectivity index (χ3v) is 3.18. The maximum absolute atomic E-state index is 12.2. The van der Waals surface area contributed by atoms with E-state index in [0.717, 1.165) is 12.8 Å². The van der Waals surface area contributed by atoms with Crippen LogP contribution in [0.2, 0.25) is 0 Å². The van der Waals surface area contributed by atoms with Crippen LogP contribution in [0.25, 0.3) is 0 Å². The minimum atomic E-state index is -1.02. The Labute approximate surface area is 105 Å². The molecule has 2 rings (SSSR count). The summed E-state index contributed by atoms with van der Waals surface area (Å²) in [7, 11) is 0. The smallest absolute Gasteiger partial charge is 0.335 e. The standard InChI is InChI=1S/C13H16N2O3/c14-11-4-6-15(7-5-11)12(16)9-2-1-3-10(8-9)13(17)18/h1-3,8,11H,4-7,14H2,(H,17,18). The Balaban J connectivity index is 2.13. The van der Waals surface area contributed by atoms with Gasteiger partial charge in [-0.15, -0.1) is 0 Å². The Bertz CT molecular complexity index is 465. The first-order chi connectivity index (χ1) is 8.58. The van der Waals surface area contributed by atoms with Crippen LogP contribution in [0.5, 0.6) is 0 Å². The summed E-state index contributed by atoms with van der Waals surface area (Å²) < 4.78 is 0. The van der Waals surface area contributed by atoms with Crippen molar-refractivity contribution in [3.05, 3.63) is 35.4 Å². The molecule has 1 aliphatic rings. The Morgan fingerprint density at radius 3 is 2.44 bits per heavy atom. The molecule has 0 aromatic heterocycles. The van der Waals surface area contributed by atoms with Crippen LogP contribution in [0.1, 0.15) is 33.6 Å². The monoisotopic (exact) mass is 248 g/mol. The molecule has 1 saturated heterocycles. The van der Waals surface area contributed by atoms with Crippen molar-refractivity contribution in [2.24, 2.45) is 5.73 Å². The van der Waals surface area contributed by atoms with Crippen LogP contribution < -0.4 is 5.73 Å². The number of aromatic carboxylic acids is 1. The van der Waals surface area contributed by atoms with E-state index in [-0.39, 0.29) is 17.5 Å². The highest BCUT2D eigenvalue weighted by atomic mass is 16.4. The SMILES string of the molecule is NC1CCN(C(=O)c2cccc(C(=O)O)c2)CC1. The Morgan fingerprint density at radius 1 is 1.22 bits per heavy atom. The largest absolute Gasteiger partial charge is 0.478 e. The number of carboxylic acid groups (broad SMARTS) is 1. The Hall–Kier alpha value is -1.88. The Morgan fingerprint density at radius 2 is 1.83 bits per heavy atom. The van der Waals surface area contributed by atoms with Crippen molar-refractivity contribution in [3.8, 4) is 0 Å². The third-order valence-electron chi connectivity index (χ3n) is 3.18. The van der Waals surface area contributed by atoms with Crippen molar-refractivity contribution in [3.63, 3.8) is 0 Å². The molecule has 0 unspecified atom stereocenters. The average Bonchev–Trinajstić information content (AvgIpc) is 2.39. The van der Waals surface area contributed by atoms with Gasteiger partial charge in [-0.05, 0) is 31.0 Å². The number of carbonyl (C=O) groups is 2. The third kappa shape index (κ3) is 2.68. The number of carboxylic acids is 1. The molecular weight excluding hydrogens is 232 g/mol. The van der Waals surface area contributed by atoms with E-state index in [9.17, 15) is 9.59 Å². The quantitative estimate of drug-likeness (QED) is 0.816. The summed E-state index contributed by atoms with van der Waals surface area (Å²) in [5.41, 5.74) is 6.34. The van der Waals surface area contributed by atoms with Crippen LogP contribution in [-0.2, 0) is 0 Å². The topological polar surface area (TPSA) is 83.6 Å². The lowest BCUT2D eigenvalue weighted by atomic mass is 10.0. The molecule has 5 heteroatoms. The van der Waals surface area contributed by atoms with Gasteiger partial charge in [-0.3, -0.25) is 4.79 Å². The summed E-state index contributed by atoms with van der Waals surface area (Å²) in [6, 6.07) is 6.29. The molecule has 1 heterocycles. The normalized spacial score (nSPS) is 16.6. The highest BCUT2D eigenvalue weighted by Gasteiger charge is 2.22. The van der Waals surface area contributed by atoms with Gasteiger partial charge in [-0.25, -0.2) is 4.79 Å². The van der Waals surface area contributed by atoms with Gasteiger partial charge in [0.2, 0.25) is 0 Å². The molecule has 18 heavy (non-hydrogen) atoms. The van der Waals surface area contributed by atoms with Crippen LogP contribution in [0.3, 0.4) is 0 Å². The van der Waals surface area contributed by atoms with Crippen LogP contribution in [0.4, 0.5) is 0 Å². The number of hydrogen-bond donors (Lipinski definition) is 2. The van der Waals surface area contributed by atoms with Gasteiger partial charge in [0.05, 0.1) is 5.56 Å². The van der Waals surface area contributed by atoms with E-state index < -0.39 is 5.97 Å². The van der Waals surface area contributed by atoms with Gasteiger partial charge in [0.1, 0.15) is 0 Å². The number of nitrogens with zero attached hydrogens (tertiary/aromatic N) is 1. The molecule has 1 aromatic rings. The van der Waals surface area contributed by atoms with E-state index in [0.29, 0.717) is 18.7 Å². The molecule has 5 nitrogen and oxygen atoms in total. The highest BCUT2D eigenvalue weighted by molar-refractivity contribution is 5.97. The van der Waals surface area contributed by atoms with Gasteiger partial charge >= 0.3 is 5.97 Å². The van der Waals surface area contributed by atoms with E-state index >= 15 is 0 Å². The number of likely N-dealkylation sites (tertiary alicyclic amines) is 1. The fraction of sp³-hybridized carbons (Fsp3) is 0.385. The average molecular weight is 248 g/mol. The van der Waals surface area contributed by atoms with Crippen LogP contribution >= 0.6 is 0 Å². The summed E-state index contributed by atoms with van der Waals surface area (Å²) in [6.45, 7) is 1.27. The van der Waals surface area contributed by atoms with Gasteiger partial charge < -0.3 is 15.7 Å². The number of carbonyl (C=O) groups excluding carboxylic acids is 1. The van der Waals surface area contributed by atoms with E-state index in [1.54, 1.807) is 17.0 Å². The zero-order chi connectivity index (χ0) is 13.1. The van der Waals surface area contributed by atoms with Gasteiger partial charge in [0, 0.05) is 24.7 Å². The zero-order valence-electron chi connectivity index (χ0n) is 10.0. The highest BCUT2D eigenvalue weighted by Crippen LogP contribution is 2.14. The lowest BCUT2D eigenvalue weighted by Crippen LogP contribution is -2.42. The maximum Gasteiger partial charge on any atom is 0.335 e. The number of hydrogen-bond acceptors (Lipinski definition) is 3. The molecule has 0 spiro atoms. The van der Waals surface area contributed by atoms with E-state index in [4.69, 9.17) is 10.8 Å². The molecular formula is C13H16N2O3. The van der Waals surface area contributed by atoms with Gasteiger partial charge in [-0.2, -0.15) is 0 Å². The lowest BCUT2D eigenvalue weighted by Gasteiger charge is -2.30. The van der Waals surface area contributed by atoms with E-state index in [1.165, 1.54) is 12.1 Å². The van der Waals surface area contributed by atoms with Crippen molar-refractivity contribution >= 4 is 11.9 Å². The number of piperidine rings is 1. The van der Waals surface area contributed by atoms with E-state index in [1.807, 2.05) is 0 Å². The molecule has 0 bridgehead atoms. The molecule has 0 radical (unpaired) electrons. The Kier molecular flexibility index (Phi) is 3.62. The zero-order valence-corrected chi connectivity index (χ0v) is 10.0. The lowest BCUT2D eigenvalue weighted by molar-refractivity contribution is 0.0697. The van der Waals surface area contributed by atoms with Crippen molar-refractivity contribution in [1.82, 2.24) is 4.90 Å². The molecule has 1 aliphatic heterocycles. The van der Waals surface area contributed by atoms with Crippen molar-refractivity contribution in [1.29, 1.82) is 0 Å². The van der Waals surface area contributed by atoms with Gasteiger partial charge in [0.15, 0.2) is 0 Å². The summed E-state index contributed by atoms with van der Waals surface area (Å²) in [4.78, 5) is 24.8. The number of benzene rings is 1. The van der Waals surface area contributed by atoms with Gasteiger partial charge in [-0.1, -0.05) is 6.07 Å². The summed E-state index contributed by atoms with van der Waals surface area (Å²) in [5.74, 6) is -1.14. The molecule has 0 atom stereocenters. The van der Waals surface area contributed by atoms with E-state index in [2.05, 4.69) is 0 Å². The number of amides is 1. The fourth-order valence-electron chi connectivity index (χ4n) is 2.07. The molecule has 1 amide bonds. The summed E-state index contributed by atoms with van der Waals surface area (Å²) in [5, 5.41) is 8.89. The predicted molar refractivity (Wildman–Crippen MR) is 66.5 cm³/mol. The number of nitrogens with two attached hydrogens (primary N) is 1. The van der Waals surface area contributed by atoms with Crippen molar-refractivity contribution in [2.45, 2.75) is 18.9 Å². The van der Waals surface area contributed by atoms with Crippen molar-refractivity contribution < 1.29 is 14.7 Å². The van der Waals surface area contributed by atoms with Gasteiger partial charge in [0.25, 0.3) is 5.91 Å². The van der Waals surface area contributed by atoms with Crippen LogP contribution in [-0.4, -0.2) is 41.0 Å². The first-order valence-electron chi connectivity index (χ1n) is 5.96. The predicted octanol–water partition coefficient (Wildman–Crippen LogP) is 0.948. The maximum atomic E-state index is 12.2. The molecule has 1 fully saturated rings. The molecule has 3 N–H and O–H groups in total. The number of rotatable bonds is 2. The molecule has 96 valence electrons.